The molecule has 2 rings (SSSR count). The molecule has 2 aromatic rings. The van der Waals surface area contributed by atoms with Gasteiger partial charge in [0, 0.05) is 10.6 Å². The summed E-state index contributed by atoms with van der Waals surface area (Å²) >= 11 is 17.6. The second kappa shape index (κ2) is 6.10. The van der Waals surface area contributed by atoms with Crippen molar-refractivity contribution in [2.75, 3.05) is 7.05 Å². The largest absolute Gasteiger partial charge is 0.309 e. The molecular formula is C14H11Cl3FN. The maximum absolute atomic E-state index is 14.0. The summed E-state index contributed by atoms with van der Waals surface area (Å²) in [7, 11) is 1.75. The molecule has 0 aromatic heterocycles. The second-order valence-corrected chi connectivity index (χ2v) is 5.31. The first kappa shape index (κ1) is 14.6. The second-order valence-electron chi connectivity index (χ2n) is 4.06. The van der Waals surface area contributed by atoms with Gasteiger partial charge in [0.15, 0.2) is 0 Å². The predicted octanol–water partition coefficient (Wildman–Crippen LogP) is 5.09. The van der Waals surface area contributed by atoms with E-state index >= 15 is 0 Å². The van der Waals surface area contributed by atoms with E-state index in [1.54, 1.807) is 31.3 Å². The smallest absolute Gasteiger partial charge is 0.129 e. The van der Waals surface area contributed by atoms with Gasteiger partial charge in [-0.05, 0) is 36.9 Å². The zero-order chi connectivity index (χ0) is 14.0. The molecule has 1 atom stereocenters. The van der Waals surface area contributed by atoms with Crippen molar-refractivity contribution >= 4 is 34.8 Å². The molecule has 0 aliphatic rings. The van der Waals surface area contributed by atoms with Crippen LogP contribution in [-0.2, 0) is 0 Å². The van der Waals surface area contributed by atoms with Gasteiger partial charge in [0.1, 0.15) is 5.82 Å². The SMILES string of the molecule is CNC(c1ccc(Cl)c(Cl)c1)c1ccc(Cl)cc1F. The van der Waals surface area contributed by atoms with Gasteiger partial charge < -0.3 is 5.32 Å². The van der Waals surface area contributed by atoms with Crippen molar-refractivity contribution < 1.29 is 4.39 Å². The van der Waals surface area contributed by atoms with E-state index < -0.39 is 0 Å². The normalized spacial score (nSPS) is 12.5. The Morgan fingerprint density at radius 2 is 1.74 bits per heavy atom. The van der Waals surface area contributed by atoms with E-state index in [0.29, 0.717) is 20.6 Å². The van der Waals surface area contributed by atoms with Gasteiger partial charge in [-0.1, -0.05) is 46.9 Å². The fraction of sp³-hybridized carbons (Fsp3) is 0.143. The summed E-state index contributed by atoms with van der Waals surface area (Å²) in [5, 5.41) is 4.33. The van der Waals surface area contributed by atoms with Crippen molar-refractivity contribution in [3.8, 4) is 0 Å². The lowest BCUT2D eigenvalue weighted by Crippen LogP contribution is -2.19. The number of benzene rings is 2. The average Bonchev–Trinajstić information content (AvgIpc) is 2.37. The van der Waals surface area contributed by atoms with E-state index in [1.807, 2.05) is 6.07 Å². The molecule has 0 amide bonds. The molecule has 0 bridgehead atoms. The van der Waals surface area contributed by atoms with Crippen LogP contribution in [-0.4, -0.2) is 7.05 Å². The summed E-state index contributed by atoms with van der Waals surface area (Å²) in [6, 6.07) is 9.51. The lowest BCUT2D eigenvalue weighted by atomic mass is 9.98. The molecule has 1 N–H and O–H groups in total. The van der Waals surface area contributed by atoms with Crippen LogP contribution in [0.5, 0.6) is 0 Å². The average molecular weight is 319 g/mol. The summed E-state index contributed by atoms with van der Waals surface area (Å²) < 4.78 is 14.0. The Morgan fingerprint density at radius 1 is 1.00 bits per heavy atom. The molecule has 5 heteroatoms. The Bertz CT molecular complexity index is 601. The number of hydrogen-bond donors (Lipinski definition) is 1. The molecule has 0 saturated carbocycles. The maximum Gasteiger partial charge on any atom is 0.129 e. The summed E-state index contributed by atoms with van der Waals surface area (Å²) in [5.41, 5.74) is 1.34. The van der Waals surface area contributed by atoms with Crippen molar-refractivity contribution in [3.63, 3.8) is 0 Å². The third kappa shape index (κ3) is 3.21. The van der Waals surface area contributed by atoms with Crippen LogP contribution in [0.1, 0.15) is 17.2 Å². The Labute approximate surface area is 126 Å². The lowest BCUT2D eigenvalue weighted by Gasteiger charge is -2.18. The van der Waals surface area contributed by atoms with E-state index in [0.717, 1.165) is 5.56 Å². The molecule has 0 fully saturated rings. The zero-order valence-electron chi connectivity index (χ0n) is 10.1. The summed E-state index contributed by atoms with van der Waals surface area (Å²) in [5.74, 6) is -0.363. The van der Waals surface area contributed by atoms with Crippen LogP contribution in [0.3, 0.4) is 0 Å². The highest BCUT2D eigenvalue weighted by Gasteiger charge is 2.17. The zero-order valence-corrected chi connectivity index (χ0v) is 12.3. The first-order valence-electron chi connectivity index (χ1n) is 5.60. The Balaban J connectivity index is 2.46. The van der Waals surface area contributed by atoms with Gasteiger partial charge in [-0.25, -0.2) is 4.39 Å². The first-order valence-corrected chi connectivity index (χ1v) is 6.73. The van der Waals surface area contributed by atoms with Crippen molar-refractivity contribution in [1.82, 2.24) is 5.32 Å². The standard InChI is InChI=1S/C14H11Cl3FN/c1-19-14(8-2-5-11(16)12(17)6-8)10-4-3-9(15)7-13(10)18/h2-7,14,19H,1H3. The molecule has 2 aromatic carbocycles. The first-order chi connectivity index (χ1) is 9.02. The van der Waals surface area contributed by atoms with Crippen LogP contribution in [0.25, 0.3) is 0 Å². The van der Waals surface area contributed by atoms with Gasteiger partial charge in [0.05, 0.1) is 16.1 Å². The number of nitrogens with one attached hydrogen (secondary N) is 1. The van der Waals surface area contributed by atoms with Gasteiger partial charge in [-0.3, -0.25) is 0 Å². The Hall–Kier alpha value is -0.800. The Morgan fingerprint density at radius 3 is 2.32 bits per heavy atom. The number of rotatable bonds is 3. The molecule has 0 radical (unpaired) electrons. The molecular weight excluding hydrogens is 308 g/mol. The van der Waals surface area contributed by atoms with Gasteiger partial charge in [-0.2, -0.15) is 0 Å². The van der Waals surface area contributed by atoms with Crippen LogP contribution in [0.2, 0.25) is 15.1 Å². The van der Waals surface area contributed by atoms with Crippen LogP contribution >= 0.6 is 34.8 Å². The van der Waals surface area contributed by atoms with E-state index in [-0.39, 0.29) is 11.9 Å². The van der Waals surface area contributed by atoms with Crippen LogP contribution in [0.4, 0.5) is 4.39 Å². The molecule has 0 heterocycles. The monoisotopic (exact) mass is 317 g/mol. The van der Waals surface area contributed by atoms with Crippen molar-refractivity contribution in [2.45, 2.75) is 6.04 Å². The van der Waals surface area contributed by atoms with Crippen LogP contribution in [0.15, 0.2) is 36.4 Å². The minimum absolute atomic E-state index is 0.313. The van der Waals surface area contributed by atoms with Crippen molar-refractivity contribution in [3.05, 3.63) is 68.4 Å². The number of hydrogen-bond acceptors (Lipinski definition) is 1. The van der Waals surface area contributed by atoms with Gasteiger partial charge >= 0.3 is 0 Å². The van der Waals surface area contributed by atoms with E-state index in [4.69, 9.17) is 34.8 Å². The molecule has 0 aliphatic heterocycles. The van der Waals surface area contributed by atoms with Gasteiger partial charge in [-0.15, -0.1) is 0 Å². The number of halogens is 4. The van der Waals surface area contributed by atoms with Gasteiger partial charge in [0.25, 0.3) is 0 Å². The minimum atomic E-state index is -0.363. The summed E-state index contributed by atoms with van der Waals surface area (Å²) in [6.07, 6.45) is 0. The Kier molecular flexibility index (Phi) is 4.69. The molecule has 100 valence electrons. The molecule has 0 spiro atoms. The topological polar surface area (TPSA) is 12.0 Å². The summed E-state index contributed by atoms with van der Waals surface area (Å²) in [4.78, 5) is 0. The van der Waals surface area contributed by atoms with E-state index in [9.17, 15) is 4.39 Å². The summed E-state index contributed by atoms with van der Waals surface area (Å²) in [6.45, 7) is 0. The maximum atomic E-state index is 14.0. The molecule has 1 unspecified atom stereocenters. The van der Waals surface area contributed by atoms with Crippen molar-refractivity contribution in [2.24, 2.45) is 0 Å². The third-order valence-corrected chi connectivity index (χ3v) is 3.81. The fourth-order valence-electron chi connectivity index (χ4n) is 1.93. The molecule has 1 nitrogen and oxygen atoms in total. The molecule has 0 saturated heterocycles. The van der Waals surface area contributed by atoms with Crippen LogP contribution in [0, 0.1) is 5.82 Å². The lowest BCUT2D eigenvalue weighted by molar-refractivity contribution is 0.576. The molecule has 0 aliphatic carbocycles. The highest BCUT2D eigenvalue weighted by Crippen LogP contribution is 2.30. The van der Waals surface area contributed by atoms with Crippen LogP contribution < -0.4 is 5.32 Å². The van der Waals surface area contributed by atoms with E-state index in [1.165, 1.54) is 6.07 Å². The quantitative estimate of drug-likeness (QED) is 0.830. The fourth-order valence-corrected chi connectivity index (χ4v) is 2.39. The highest BCUT2D eigenvalue weighted by atomic mass is 35.5. The van der Waals surface area contributed by atoms with Crippen molar-refractivity contribution in [1.29, 1.82) is 0 Å². The van der Waals surface area contributed by atoms with Gasteiger partial charge in [0.2, 0.25) is 0 Å². The highest BCUT2D eigenvalue weighted by molar-refractivity contribution is 6.42. The minimum Gasteiger partial charge on any atom is -0.309 e. The predicted molar refractivity (Wildman–Crippen MR) is 78.8 cm³/mol. The third-order valence-electron chi connectivity index (χ3n) is 2.84. The van der Waals surface area contributed by atoms with E-state index in [2.05, 4.69) is 5.32 Å². The molecule has 19 heavy (non-hydrogen) atoms.